The normalized spacial score (nSPS) is 17.6. The van der Waals surface area contributed by atoms with Crippen molar-refractivity contribution in [1.82, 2.24) is 9.97 Å². The lowest BCUT2D eigenvalue weighted by Gasteiger charge is -2.32. The van der Waals surface area contributed by atoms with Gasteiger partial charge in [0, 0.05) is 31.4 Å². The lowest BCUT2D eigenvalue weighted by atomic mass is 9.89. The van der Waals surface area contributed by atoms with Crippen LogP contribution in [0.1, 0.15) is 35.7 Å². The van der Waals surface area contributed by atoms with E-state index in [4.69, 9.17) is 4.74 Å². The Morgan fingerprint density at radius 2 is 2.04 bits per heavy atom. The number of methoxy groups -OCH3 is 1. The van der Waals surface area contributed by atoms with E-state index in [9.17, 15) is 4.79 Å². The van der Waals surface area contributed by atoms with Crippen LogP contribution in [0, 0.1) is 5.92 Å². The van der Waals surface area contributed by atoms with Crippen molar-refractivity contribution in [3.8, 4) is 5.75 Å². The third kappa shape index (κ3) is 3.40. The maximum atomic E-state index is 12.9. The average molecular weight is 325 g/mol. The Balaban J connectivity index is 1.76. The quantitative estimate of drug-likeness (QED) is 0.791. The molecule has 5 nitrogen and oxygen atoms in total. The lowest BCUT2D eigenvalue weighted by Crippen LogP contribution is -2.39. The Morgan fingerprint density at radius 3 is 2.75 bits per heavy atom. The Hall–Kier alpha value is -2.43. The summed E-state index contributed by atoms with van der Waals surface area (Å²) in [5.74, 6) is 1.44. The van der Waals surface area contributed by atoms with E-state index < -0.39 is 0 Å². The van der Waals surface area contributed by atoms with Gasteiger partial charge >= 0.3 is 0 Å². The SMILES string of the molecule is CCc1cnc(N2CCCC(C(=O)c3ccccc3OC)C2)nc1. The van der Waals surface area contributed by atoms with E-state index in [1.165, 1.54) is 0 Å². The molecule has 2 aromatic rings. The average Bonchev–Trinajstić information content (AvgIpc) is 2.67. The second kappa shape index (κ2) is 7.43. The van der Waals surface area contributed by atoms with Gasteiger partial charge in [-0.15, -0.1) is 0 Å². The number of carbonyl (C=O) groups is 1. The van der Waals surface area contributed by atoms with Crippen molar-refractivity contribution in [3.63, 3.8) is 0 Å². The third-order valence-corrected chi connectivity index (χ3v) is 4.55. The van der Waals surface area contributed by atoms with E-state index in [-0.39, 0.29) is 11.7 Å². The molecule has 0 spiro atoms. The van der Waals surface area contributed by atoms with Crippen molar-refractivity contribution < 1.29 is 9.53 Å². The topological polar surface area (TPSA) is 55.3 Å². The summed E-state index contributed by atoms with van der Waals surface area (Å²) < 4.78 is 5.34. The van der Waals surface area contributed by atoms with Crippen molar-refractivity contribution in [2.45, 2.75) is 26.2 Å². The van der Waals surface area contributed by atoms with Crippen LogP contribution < -0.4 is 9.64 Å². The summed E-state index contributed by atoms with van der Waals surface area (Å²) in [4.78, 5) is 23.9. The van der Waals surface area contributed by atoms with E-state index in [0.29, 0.717) is 23.8 Å². The number of benzene rings is 1. The molecule has 126 valence electrons. The maximum absolute atomic E-state index is 12.9. The number of ketones is 1. The molecule has 1 saturated heterocycles. The van der Waals surface area contributed by atoms with Crippen LogP contribution in [-0.4, -0.2) is 36.0 Å². The van der Waals surface area contributed by atoms with Crippen LogP contribution in [0.2, 0.25) is 0 Å². The van der Waals surface area contributed by atoms with E-state index in [0.717, 1.165) is 31.4 Å². The van der Waals surface area contributed by atoms with Crippen LogP contribution in [0.4, 0.5) is 5.95 Å². The van der Waals surface area contributed by atoms with E-state index in [1.807, 2.05) is 36.7 Å². The van der Waals surface area contributed by atoms with E-state index in [2.05, 4.69) is 21.8 Å². The molecule has 5 heteroatoms. The number of nitrogens with zero attached hydrogens (tertiary/aromatic N) is 3. The van der Waals surface area contributed by atoms with Gasteiger partial charge < -0.3 is 9.64 Å². The highest BCUT2D eigenvalue weighted by Crippen LogP contribution is 2.27. The zero-order valence-corrected chi connectivity index (χ0v) is 14.2. The van der Waals surface area contributed by atoms with Gasteiger partial charge in [-0.1, -0.05) is 19.1 Å². The van der Waals surface area contributed by atoms with Gasteiger partial charge in [-0.05, 0) is 37.0 Å². The molecule has 24 heavy (non-hydrogen) atoms. The molecule has 1 fully saturated rings. The van der Waals surface area contributed by atoms with Gasteiger partial charge in [0.05, 0.1) is 12.7 Å². The van der Waals surface area contributed by atoms with Crippen LogP contribution >= 0.6 is 0 Å². The molecule has 0 radical (unpaired) electrons. The number of anilines is 1. The van der Waals surface area contributed by atoms with E-state index >= 15 is 0 Å². The third-order valence-electron chi connectivity index (χ3n) is 4.55. The molecule has 0 bridgehead atoms. The molecule has 0 saturated carbocycles. The number of hydrogen-bond donors (Lipinski definition) is 0. The van der Waals surface area contributed by atoms with Gasteiger partial charge in [0.1, 0.15) is 5.75 Å². The van der Waals surface area contributed by atoms with Gasteiger partial charge in [-0.3, -0.25) is 4.79 Å². The van der Waals surface area contributed by atoms with Gasteiger partial charge in [-0.2, -0.15) is 0 Å². The van der Waals surface area contributed by atoms with Crippen molar-refractivity contribution in [2.75, 3.05) is 25.1 Å². The summed E-state index contributed by atoms with van der Waals surface area (Å²) >= 11 is 0. The van der Waals surface area contributed by atoms with Gasteiger partial charge in [0.2, 0.25) is 5.95 Å². The smallest absolute Gasteiger partial charge is 0.225 e. The highest BCUT2D eigenvalue weighted by molar-refractivity contribution is 6.00. The van der Waals surface area contributed by atoms with Crippen LogP contribution in [0.5, 0.6) is 5.75 Å². The largest absolute Gasteiger partial charge is 0.496 e. The van der Waals surface area contributed by atoms with Crippen LogP contribution in [0.25, 0.3) is 0 Å². The molecule has 3 rings (SSSR count). The first kappa shape index (κ1) is 16.4. The molecular formula is C19H23N3O2. The number of piperidine rings is 1. The molecule has 1 aliphatic heterocycles. The first-order chi connectivity index (χ1) is 11.7. The van der Waals surface area contributed by atoms with Crippen molar-refractivity contribution >= 4 is 11.7 Å². The summed E-state index contributed by atoms with van der Waals surface area (Å²) in [6.07, 6.45) is 6.52. The maximum Gasteiger partial charge on any atom is 0.225 e. The summed E-state index contributed by atoms with van der Waals surface area (Å²) in [6, 6.07) is 7.43. The Morgan fingerprint density at radius 1 is 1.29 bits per heavy atom. The van der Waals surface area contributed by atoms with Gasteiger partial charge in [-0.25, -0.2) is 9.97 Å². The monoisotopic (exact) mass is 325 g/mol. The fourth-order valence-electron chi connectivity index (χ4n) is 3.13. The second-order valence-electron chi connectivity index (χ2n) is 6.09. The summed E-state index contributed by atoms with van der Waals surface area (Å²) in [6.45, 7) is 3.63. The molecule has 1 atom stereocenters. The number of hydrogen-bond acceptors (Lipinski definition) is 5. The minimum atomic E-state index is -0.0514. The second-order valence-corrected chi connectivity index (χ2v) is 6.09. The molecule has 2 heterocycles. The van der Waals surface area contributed by atoms with Crippen LogP contribution in [0.3, 0.4) is 0 Å². The first-order valence-electron chi connectivity index (χ1n) is 8.46. The Bertz CT molecular complexity index is 700. The number of ether oxygens (including phenoxy) is 1. The minimum absolute atomic E-state index is 0.0514. The van der Waals surface area contributed by atoms with Crippen molar-refractivity contribution in [2.24, 2.45) is 5.92 Å². The molecule has 1 aliphatic rings. The predicted octanol–water partition coefficient (Wildman–Crippen LogP) is 3.15. The fourth-order valence-corrected chi connectivity index (χ4v) is 3.13. The predicted molar refractivity (Wildman–Crippen MR) is 93.7 cm³/mol. The van der Waals surface area contributed by atoms with Crippen molar-refractivity contribution in [3.05, 3.63) is 47.8 Å². The highest BCUT2D eigenvalue weighted by Gasteiger charge is 2.29. The number of carbonyl (C=O) groups excluding carboxylic acids is 1. The van der Waals surface area contributed by atoms with Gasteiger partial charge in [0.25, 0.3) is 0 Å². The summed E-state index contributed by atoms with van der Waals surface area (Å²) in [5.41, 5.74) is 1.78. The molecule has 0 aliphatic carbocycles. The molecule has 0 amide bonds. The number of Topliss-reactive ketones (excluding diaryl/α,β-unsaturated/α-hetero) is 1. The molecule has 1 unspecified atom stereocenters. The highest BCUT2D eigenvalue weighted by atomic mass is 16.5. The first-order valence-corrected chi connectivity index (χ1v) is 8.46. The van der Waals surface area contributed by atoms with E-state index in [1.54, 1.807) is 7.11 Å². The summed E-state index contributed by atoms with van der Waals surface area (Å²) in [5, 5.41) is 0. The lowest BCUT2D eigenvalue weighted by molar-refractivity contribution is 0.0904. The number of aryl methyl sites for hydroxylation is 1. The zero-order chi connectivity index (χ0) is 16.9. The molecular weight excluding hydrogens is 302 g/mol. The van der Waals surface area contributed by atoms with Crippen molar-refractivity contribution in [1.29, 1.82) is 0 Å². The van der Waals surface area contributed by atoms with Gasteiger partial charge in [0.15, 0.2) is 5.78 Å². The number of rotatable bonds is 5. The van der Waals surface area contributed by atoms with Crippen LogP contribution in [0.15, 0.2) is 36.7 Å². The molecule has 1 aromatic carbocycles. The number of aromatic nitrogens is 2. The standard InChI is InChI=1S/C19H23N3O2/c1-3-14-11-20-19(21-12-14)22-10-6-7-15(13-22)18(23)16-8-4-5-9-17(16)24-2/h4-5,8-9,11-12,15H,3,6-7,10,13H2,1-2H3. The molecule has 1 aromatic heterocycles. The Kier molecular flexibility index (Phi) is 5.08. The van der Waals surface area contributed by atoms with Crippen LogP contribution in [-0.2, 0) is 6.42 Å². The number of para-hydroxylation sites is 1. The minimum Gasteiger partial charge on any atom is -0.496 e. The molecule has 0 N–H and O–H groups in total. The fraction of sp³-hybridized carbons (Fsp3) is 0.421. The summed E-state index contributed by atoms with van der Waals surface area (Å²) in [7, 11) is 1.60. The Labute approximate surface area is 142 Å². The zero-order valence-electron chi connectivity index (χ0n) is 14.2.